The Labute approximate surface area is 175 Å². The molecule has 30 heavy (non-hydrogen) atoms. The van der Waals surface area contributed by atoms with E-state index in [1.54, 1.807) is 25.0 Å². The van der Waals surface area contributed by atoms with Crippen LogP contribution in [0.5, 0.6) is 5.75 Å². The standard InChI is InChI=1S/C21H28N4O5/c1-3-30-20(27)11-10-19(26)24-12-6-7-15(14-24)13-18-22-23-21(28)25(18)16-8-4-5-9-17(16)29-2/h4-5,8-9,15H,3,6-7,10-14H2,1-2H3,(H,23,28). The molecule has 1 unspecified atom stereocenters. The fraction of sp³-hybridized carbons (Fsp3) is 0.524. The molecule has 0 aliphatic carbocycles. The molecule has 0 spiro atoms. The van der Waals surface area contributed by atoms with Crippen LogP contribution in [0.15, 0.2) is 29.1 Å². The number of nitrogens with zero attached hydrogens (tertiary/aromatic N) is 3. The number of aromatic amines is 1. The highest BCUT2D eigenvalue weighted by atomic mass is 16.5. The summed E-state index contributed by atoms with van der Waals surface area (Å²) in [5.74, 6) is 0.972. The third kappa shape index (κ3) is 5.08. The van der Waals surface area contributed by atoms with E-state index in [-0.39, 0.29) is 36.3 Å². The van der Waals surface area contributed by atoms with Crippen molar-refractivity contribution in [3.8, 4) is 11.4 Å². The average molecular weight is 416 g/mol. The Hall–Kier alpha value is -3.10. The van der Waals surface area contributed by atoms with Gasteiger partial charge in [-0.25, -0.2) is 14.5 Å². The van der Waals surface area contributed by atoms with Gasteiger partial charge in [0.2, 0.25) is 5.91 Å². The lowest BCUT2D eigenvalue weighted by molar-refractivity contribution is -0.146. The molecular formula is C21H28N4O5. The van der Waals surface area contributed by atoms with Crippen LogP contribution in [0.4, 0.5) is 0 Å². The zero-order valence-electron chi connectivity index (χ0n) is 17.4. The van der Waals surface area contributed by atoms with Gasteiger partial charge in [0.25, 0.3) is 0 Å². The molecule has 1 saturated heterocycles. The number of H-pyrrole nitrogens is 1. The molecule has 1 amide bonds. The maximum atomic E-state index is 12.5. The number of likely N-dealkylation sites (tertiary alicyclic amines) is 1. The van der Waals surface area contributed by atoms with Crippen molar-refractivity contribution in [2.75, 3.05) is 26.8 Å². The molecule has 1 aliphatic heterocycles. The number of hydrogen-bond donors (Lipinski definition) is 1. The number of carbonyl (C=O) groups excluding carboxylic acids is 2. The molecule has 162 valence electrons. The van der Waals surface area contributed by atoms with Crippen LogP contribution in [0, 0.1) is 5.92 Å². The second-order valence-corrected chi connectivity index (χ2v) is 7.31. The van der Waals surface area contributed by atoms with Crippen molar-refractivity contribution in [3.63, 3.8) is 0 Å². The summed E-state index contributed by atoms with van der Waals surface area (Å²) in [5.41, 5.74) is 0.305. The van der Waals surface area contributed by atoms with Crippen LogP contribution in [-0.2, 0) is 20.7 Å². The quantitative estimate of drug-likeness (QED) is 0.657. The van der Waals surface area contributed by atoms with Crippen molar-refractivity contribution in [2.24, 2.45) is 5.92 Å². The second-order valence-electron chi connectivity index (χ2n) is 7.31. The molecule has 1 aromatic heterocycles. The predicted molar refractivity (Wildman–Crippen MR) is 110 cm³/mol. The largest absolute Gasteiger partial charge is 0.495 e. The van der Waals surface area contributed by atoms with Crippen LogP contribution in [0.25, 0.3) is 5.69 Å². The number of rotatable bonds is 8. The molecule has 1 fully saturated rings. The highest BCUT2D eigenvalue weighted by Crippen LogP contribution is 2.25. The van der Waals surface area contributed by atoms with Crippen molar-refractivity contribution in [3.05, 3.63) is 40.6 Å². The van der Waals surface area contributed by atoms with Gasteiger partial charge in [-0.3, -0.25) is 9.59 Å². The fourth-order valence-electron chi connectivity index (χ4n) is 3.85. The molecule has 0 radical (unpaired) electrons. The molecule has 1 atom stereocenters. The van der Waals surface area contributed by atoms with Crippen molar-refractivity contribution in [1.82, 2.24) is 19.7 Å². The Bertz CT molecular complexity index is 935. The maximum absolute atomic E-state index is 12.5. The van der Waals surface area contributed by atoms with E-state index in [4.69, 9.17) is 9.47 Å². The lowest BCUT2D eigenvalue weighted by atomic mass is 9.94. The minimum atomic E-state index is -0.350. The fourth-order valence-corrected chi connectivity index (χ4v) is 3.85. The third-order valence-electron chi connectivity index (χ3n) is 5.26. The first-order valence-electron chi connectivity index (χ1n) is 10.3. The van der Waals surface area contributed by atoms with Crippen LogP contribution >= 0.6 is 0 Å². The Morgan fingerprint density at radius 3 is 2.83 bits per heavy atom. The second kappa shape index (κ2) is 10.1. The Balaban J connectivity index is 1.68. The number of hydrogen-bond acceptors (Lipinski definition) is 6. The summed E-state index contributed by atoms with van der Waals surface area (Å²) in [7, 11) is 1.56. The molecular weight excluding hydrogens is 388 g/mol. The molecule has 1 aliphatic rings. The van der Waals surface area contributed by atoms with Crippen LogP contribution in [0.2, 0.25) is 0 Å². The molecule has 2 aromatic rings. The van der Waals surface area contributed by atoms with Gasteiger partial charge in [0.05, 0.1) is 25.8 Å². The van der Waals surface area contributed by atoms with Gasteiger partial charge in [0.1, 0.15) is 11.6 Å². The molecule has 3 rings (SSSR count). The monoisotopic (exact) mass is 416 g/mol. The SMILES string of the molecule is CCOC(=O)CCC(=O)N1CCCC(Cc2n[nH]c(=O)n2-c2ccccc2OC)C1. The van der Waals surface area contributed by atoms with E-state index in [1.165, 1.54) is 4.57 Å². The van der Waals surface area contributed by atoms with Gasteiger partial charge in [-0.05, 0) is 37.8 Å². The van der Waals surface area contributed by atoms with E-state index in [1.807, 2.05) is 18.2 Å². The molecule has 2 heterocycles. The molecule has 9 nitrogen and oxygen atoms in total. The molecule has 1 N–H and O–H groups in total. The van der Waals surface area contributed by atoms with E-state index in [9.17, 15) is 14.4 Å². The maximum Gasteiger partial charge on any atom is 0.348 e. The summed E-state index contributed by atoms with van der Waals surface area (Å²) < 4.78 is 11.8. The smallest absolute Gasteiger partial charge is 0.348 e. The summed E-state index contributed by atoms with van der Waals surface area (Å²) in [6.07, 6.45) is 2.62. The van der Waals surface area contributed by atoms with Gasteiger partial charge in [-0.15, -0.1) is 0 Å². The summed E-state index contributed by atoms with van der Waals surface area (Å²) in [6, 6.07) is 7.29. The minimum Gasteiger partial charge on any atom is -0.495 e. The van der Waals surface area contributed by atoms with Crippen LogP contribution in [-0.4, -0.2) is 58.3 Å². The van der Waals surface area contributed by atoms with Crippen molar-refractivity contribution in [1.29, 1.82) is 0 Å². The summed E-state index contributed by atoms with van der Waals surface area (Å²) >= 11 is 0. The number of para-hydroxylation sites is 2. The van der Waals surface area contributed by atoms with Gasteiger partial charge < -0.3 is 14.4 Å². The number of nitrogens with one attached hydrogen (secondary N) is 1. The summed E-state index contributed by atoms with van der Waals surface area (Å²) in [6.45, 7) is 3.32. The summed E-state index contributed by atoms with van der Waals surface area (Å²) in [5, 5.41) is 6.74. The van der Waals surface area contributed by atoms with E-state index < -0.39 is 0 Å². The van der Waals surface area contributed by atoms with Gasteiger partial charge in [0.15, 0.2) is 0 Å². The Morgan fingerprint density at radius 1 is 1.27 bits per heavy atom. The number of piperidine rings is 1. The van der Waals surface area contributed by atoms with Crippen LogP contribution < -0.4 is 10.4 Å². The number of carbonyl (C=O) groups is 2. The van der Waals surface area contributed by atoms with Crippen LogP contribution in [0.3, 0.4) is 0 Å². The highest BCUT2D eigenvalue weighted by Gasteiger charge is 2.26. The number of amides is 1. The van der Waals surface area contributed by atoms with E-state index in [0.717, 1.165) is 12.8 Å². The lowest BCUT2D eigenvalue weighted by Crippen LogP contribution is -2.41. The molecule has 0 bridgehead atoms. The highest BCUT2D eigenvalue weighted by molar-refractivity contribution is 5.81. The van der Waals surface area contributed by atoms with Crippen molar-refractivity contribution < 1.29 is 19.1 Å². The van der Waals surface area contributed by atoms with E-state index >= 15 is 0 Å². The number of methoxy groups -OCH3 is 1. The third-order valence-corrected chi connectivity index (χ3v) is 5.26. The van der Waals surface area contributed by atoms with Crippen molar-refractivity contribution in [2.45, 2.75) is 39.0 Å². The zero-order chi connectivity index (χ0) is 21.5. The first-order valence-corrected chi connectivity index (χ1v) is 10.3. The van der Waals surface area contributed by atoms with E-state index in [0.29, 0.717) is 43.4 Å². The Kier molecular flexibility index (Phi) is 7.26. The number of esters is 1. The topological polar surface area (TPSA) is 107 Å². The first-order chi connectivity index (χ1) is 14.5. The number of ether oxygens (including phenoxy) is 2. The van der Waals surface area contributed by atoms with Gasteiger partial charge in [0, 0.05) is 25.9 Å². The lowest BCUT2D eigenvalue weighted by Gasteiger charge is -2.32. The average Bonchev–Trinajstić information content (AvgIpc) is 3.12. The van der Waals surface area contributed by atoms with Crippen molar-refractivity contribution >= 4 is 11.9 Å². The number of benzene rings is 1. The minimum absolute atomic E-state index is 0.0445. The molecule has 1 aromatic carbocycles. The first kappa shape index (κ1) is 21.6. The predicted octanol–water partition coefficient (Wildman–Crippen LogP) is 1.69. The van der Waals surface area contributed by atoms with E-state index in [2.05, 4.69) is 10.2 Å². The number of aromatic nitrogens is 3. The normalized spacial score (nSPS) is 16.3. The van der Waals surface area contributed by atoms with Gasteiger partial charge in [-0.1, -0.05) is 12.1 Å². The van der Waals surface area contributed by atoms with Crippen LogP contribution in [0.1, 0.15) is 38.4 Å². The Morgan fingerprint density at radius 2 is 2.07 bits per heavy atom. The van der Waals surface area contributed by atoms with Gasteiger partial charge >= 0.3 is 11.7 Å². The van der Waals surface area contributed by atoms with Gasteiger partial charge in [-0.2, -0.15) is 5.10 Å². The molecule has 9 heteroatoms. The summed E-state index contributed by atoms with van der Waals surface area (Å²) in [4.78, 5) is 38.2. The molecule has 0 saturated carbocycles. The zero-order valence-corrected chi connectivity index (χ0v) is 17.4.